The molecule has 15 heavy (non-hydrogen) atoms. The number of hydrogen-bond acceptors (Lipinski definition) is 3. The Morgan fingerprint density at radius 1 is 1.33 bits per heavy atom. The molecule has 0 rings (SSSR count). The van der Waals surface area contributed by atoms with Crippen molar-refractivity contribution in [3.8, 4) is 6.07 Å². The molecule has 0 aromatic carbocycles. The van der Waals surface area contributed by atoms with Gasteiger partial charge in [-0.2, -0.15) is 5.26 Å². The number of nitrogens with zero attached hydrogens (tertiary/aromatic N) is 1. The molecule has 0 aromatic heterocycles. The SMILES string of the molecule is CCC(C#N)S(=O)(=O)NC(C)(CC)CC. The second kappa shape index (κ2) is 5.47. The predicted octanol–water partition coefficient (Wildman–Crippen LogP) is 1.79. The fourth-order valence-corrected chi connectivity index (χ4v) is 2.88. The standard InChI is InChI=1S/C10H20N2O2S/c1-5-9(8-11)15(13,14)12-10(4,6-2)7-3/h9,12H,5-7H2,1-4H3. The Bertz CT molecular complexity index is 326. The molecule has 0 fully saturated rings. The maximum Gasteiger partial charge on any atom is 0.228 e. The van der Waals surface area contributed by atoms with Crippen LogP contribution in [0, 0.1) is 11.3 Å². The molecule has 0 amide bonds. The van der Waals surface area contributed by atoms with Crippen LogP contribution < -0.4 is 4.72 Å². The van der Waals surface area contributed by atoms with Crippen LogP contribution in [-0.4, -0.2) is 19.2 Å². The van der Waals surface area contributed by atoms with Gasteiger partial charge in [0.15, 0.2) is 5.25 Å². The summed E-state index contributed by atoms with van der Waals surface area (Å²) in [5.74, 6) is 0. The third-order valence-corrected chi connectivity index (χ3v) is 4.80. The van der Waals surface area contributed by atoms with Gasteiger partial charge in [-0.1, -0.05) is 20.8 Å². The number of rotatable bonds is 6. The van der Waals surface area contributed by atoms with Gasteiger partial charge in [-0.05, 0) is 26.2 Å². The lowest BCUT2D eigenvalue weighted by molar-refractivity contribution is 0.387. The molecule has 0 saturated heterocycles. The number of nitriles is 1. The Morgan fingerprint density at radius 3 is 2.07 bits per heavy atom. The zero-order valence-electron chi connectivity index (χ0n) is 9.87. The lowest BCUT2D eigenvalue weighted by Gasteiger charge is -2.28. The van der Waals surface area contributed by atoms with E-state index in [1.807, 2.05) is 26.8 Å². The minimum absolute atomic E-state index is 0.315. The van der Waals surface area contributed by atoms with E-state index in [4.69, 9.17) is 5.26 Å². The molecule has 0 spiro atoms. The van der Waals surface area contributed by atoms with Crippen molar-refractivity contribution in [2.24, 2.45) is 0 Å². The molecule has 0 aliphatic carbocycles. The maximum atomic E-state index is 11.8. The van der Waals surface area contributed by atoms with Gasteiger partial charge in [0.2, 0.25) is 10.0 Å². The normalized spacial score (nSPS) is 14.6. The average molecular weight is 232 g/mol. The predicted molar refractivity (Wildman–Crippen MR) is 60.7 cm³/mol. The minimum Gasteiger partial charge on any atom is -0.211 e. The third kappa shape index (κ3) is 3.80. The van der Waals surface area contributed by atoms with Crippen LogP contribution in [0.5, 0.6) is 0 Å². The minimum atomic E-state index is -3.52. The van der Waals surface area contributed by atoms with Crippen molar-refractivity contribution in [1.82, 2.24) is 4.72 Å². The average Bonchev–Trinajstić information content (AvgIpc) is 2.18. The van der Waals surface area contributed by atoms with Gasteiger partial charge >= 0.3 is 0 Å². The van der Waals surface area contributed by atoms with Crippen molar-refractivity contribution in [3.05, 3.63) is 0 Å². The van der Waals surface area contributed by atoms with Crippen molar-refractivity contribution in [2.45, 2.75) is 57.7 Å². The monoisotopic (exact) mass is 232 g/mol. The van der Waals surface area contributed by atoms with E-state index >= 15 is 0 Å². The summed E-state index contributed by atoms with van der Waals surface area (Å²) in [7, 11) is -3.52. The summed E-state index contributed by atoms with van der Waals surface area (Å²) in [5.41, 5.74) is -0.441. The summed E-state index contributed by atoms with van der Waals surface area (Å²) in [6.07, 6.45) is 1.74. The van der Waals surface area contributed by atoms with Crippen LogP contribution in [0.1, 0.15) is 47.0 Å². The van der Waals surface area contributed by atoms with E-state index in [2.05, 4.69) is 4.72 Å². The van der Waals surface area contributed by atoms with E-state index in [0.29, 0.717) is 19.3 Å². The zero-order valence-corrected chi connectivity index (χ0v) is 10.7. The summed E-state index contributed by atoms with van der Waals surface area (Å²) in [6, 6.07) is 1.81. The highest BCUT2D eigenvalue weighted by atomic mass is 32.2. The lowest BCUT2D eigenvalue weighted by atomic mass is 9.98. The van der Waals surface area contributed by atoms with Crippen molar-refractivity contribution in [1.29, 1.82) is 5.26 Å². The molecule has 0 radical (unpaired) electrons. The van der Waals surface area contributed by atoms with Gasteiger partial charge in [-0.15, -0.1) is 0 Å². The van der Waals surface area contributed by atoms with E-state index in [1.54, 1.807) is 6.92 Å². The first kappa shape index (κ1) is 14.4. The van der Waals surface area contributed by atoms with E-state index in [1.165, 1.54) is 0 Å². The smallest absolute Gasteiger partial charge is 0.211 e. The molecule has 1 atom stereocenters. The third-order valence-electron chi connectivity index (χ3n) is 2.84. The van der Waals surface area contributed by atoms with E-state index in [9.17, 15) is 8.42 Å². The molecule has 0 aliphatic rings. The Kier molecular flexibility index (Phi) is 5.26. The highest BCUT2D eigenvalue weighted by molar-refractivity contribution is 7.90. The van der Waals surface area contributed by atoms with Gasteiger partial charge in [0.05, 0.1) is 6.07 Å². The molecule has 0 aromatic rings. The Morgan fingerprint density at radius 2 is 1.80 bits per heavy atom. The van der Waals surface area contributed by atoms with Crippen molar-refractivity contribution in [2.75, 3.05) is 0 Å². The second-order valence-corrected chi connectivity index (χ2v) is 5.80. The molecule has 4 nitrogen and oxygen atoms in total. The topological polar surface area (TPSA) is 70.0 Å². The van der Waals surface area contributed by atoms with E-state index < -0.39 is 20.8 Å². The molecule has 0 bridgehead atoms. The van der Waals surface area contributed by atoms with Crippen LogP contribution in [0.15, 0.2) is 0 Å². The molecular weight excluding hydrogens is 212 g/mol. The first-order valence-electron chi connectivity index (χ1n) is 5.27. The number of hydrogen-bond donors (Lipinski definition) is 1. The summed E-state index contributed by atoms with van der Waals surface area (Å²) >= 11 is 0. The van der Waals surface area contributed by atoms with Crippen LogP contribution >= 0.6 is 0 Å². The van der Waals surface area contributed by atoms with Crippen LogP contribution in [0.3, 0.4) is 0 Å². The van der Waals surface area contributed by atoms with E-state index in [0.717, 1.165) is 0 Å². The van der Waals surface area contributed by atoms with Crippen molar-refractivity contribution >= 4 is 10.0 Å². The molecule has 88 valence electrons. The van der Waals surface area contributed by atoms with Gasteiger partial charge in [-0.3, -0.25) is 0 Å². The van der Waals surface area contributed by atoms with E-state index in [-0.39, 0.29) is 0 Å². The summed E-state index contributed by atoms with van der Waals surface area (Å²) in [6.45, 7) is 7.41. The second-order valence-electron chi connectivity index (χ2n) is 3.94. The van der Waals surface area contributed by atoms with Crippen LogP contribution in [-0.2, 0) is 10.0 Å². The highest BCUT2D eigenvalue weighted by Crippen LogP contribution is 2.17. The van der Waals surface area contributed by atoms with Crippen molar-refractivity contribution in [3.63, 3.8) is 0 Å². The Labute approximate surface area is 92.7 Å². The first-order chi connectivity index (χ1) is 6.85. The largest absolute Gasteiger partial charge is 0.228 e. The van der Waals surface area contributed by atoms with Crippen molar-refractivity contribution < 1.29 is 8.42 Å². The molecule has 0 aliphatic heterocycles. The van der Waals surface area contributed by atoms with Gasteiger partial charge in [0, 0.05) is 5.54 Å². The molecule has 0 heterocycles. The van der Waals surface area contributed by atoms with Gasteiger partial charge < -0.3 is 0 Å². The molecule has 5 heteroatoms. The Balaban J connectivity index is 4.87. The van der Waals surface area contributed by atoms with Crippen LogP contribution in [0.2, 0.25) is 0 Å². The fraction of sp³-hybridized carbons (Fsp3) is 0.900. The zero-order chi connectivity index (χ0) is 12.1. The first-order valence-corrected chi connectivity index (χ1v) is 6.82. The van der Waals surface area contributed by atoms with Crippen LogP contribution in [0.25, 0.3) is 0 Å². The molecule has 1 unspecified atom stereocenters. The highest BCUT2D eigenvalue weighted by Gasteiger charge is 2.31. The molecule has 0 saturated carbocycles. The van der Waals surface area contributed by atoms with Gasteiger partial charge in [0.1, 0.15) is 0 Å². The summed E-state index contributed by atoms with van der Waals surface area (Å²) < 4.78 is 26.2. The Hall–Kier alpha value is -0.600. The molecular formula is C10H20N2O2S. The maximum absolute atomic E-state index is 11.8. The van der Waals surface area contributed by atoms with Gasteiger partial charge in [-0.25, -0.2) is 13.1 Å². The fourth-order valence-electron chi connectivity index (χ4n) is 1.19. The van der Waals surface area contributed by atoms with Gasteiger partial charge in [0.25, 0.3) is 0 Å². The summed E-state index contributed by atoms with van der Waals surface area (Å²) in [4.78, 5) is 0. The summed E-state index contributed by atoms with van der Waals surface area (Å²) in [5, 5.41) is 7.79. The molecule has 1 N–H and O–H groups in total. The number of sulfonamides is 1. The number of nitrogens with one attached hydrogen (secondary N) is 1. The van der Waals surface area contributed by atoms with Crippen LogP contribution in [0.4, 0.5) is 0 Å². The lowest BCUT2D eigenvalue weighted by Crippen LogP contribution is -2.48. The quantitative estimate of drug-likeness (QED) is 0.759.